The van der Waals surface area contributed by atoms with Gasteiger partial charge in [-0.2, -0.15) is 0 Å². The monoisotopic (exact) mass is 274 g/mol. The minimum absolute atomic E-state index is 0.00849. The fourth-order valence-electron chi connectivity index (χ4n) is 2.21. The Balaban J connectivity index is 2.70. The number of piperazine rings is 1. The Labute approximate surface area is 111 Å². The first-order valence-electron chi connectivity index (χ1n) is 6.42. The van der Waals surface area contributed by atoms with Crippen molar-refractivity contribution in [2.75, 3.05) is 18.6 Å². The molecule has 6 heteroatoms. The van der Waals surface area contributed by atoms with Gasteiger partial charge in [-0.25, -0.2) is 0 Å². The molecular weight excluding hydrogens is 252 g/mol. The molecule has 2 amide bonds. The standard InChI is InChI=1S/C12H22N2O3S/c1-4-9-12(16)14(7-6-8-18(3)17)10(5-2)11(15)13-9/h9-10H,4-8H2,1-3H3,(H,13,15). The van der Waals surface area contributed by atoms with E-state index < -0.39 is 16.8 Å². The van der Waals surface area contributed by atoms with Crippen LogP contribution >= 0.6 is 0 Å². The van der Waals surface area contributed by atoms with E-state index in [-0.39, 0.29) is 17.9 Å². The molecule has 1 fully saturated rings. The summed E-state index contributed by atoms with van der Waals surface area (Å²) in [5, 5.41) is 2.76. The van der Waals surface area contributed by atoms with E-state index in [0.29, 0.717) is 31.6 Å². The highest BCUT2D eigenvalue weighted by Gasteiger charge is 2.38. The second-order valence-corrected chi connectivity index (χ2v) is 6.11. The molecule has 0 saturated carbocycles. The van der Waals surface area contributed by atoms with Gasteiger partial charge in [-0.1, -0.05) is 13.8 Å². The second kappa shape index (κ2) is 6.87. The van der Waals surface area contributed by atoms with E-state index in [1.165, 1.54) is 0 Å². The molecule has 1 aliphatic heterocycles. The van der Waals surface area contributed by atoms with E-state index in [4.69, 9.17) is 0 Å². The van der Waals surface area contributed by atoms with Crippen LogP contribution in [0.1, 0.15) is 33.1 Å². The number of nitrogens with one attached hydrogen (secondary N) is 1. The van der Waals surface area contributed by atoms with Crippen molar-refractivity contribution in [2.24, 2.45) is 0 Å². The van der Waals surface area contributed by atoms with Crippen molar-refractivity contribution in [2.45, 2.75) is 45.2 Å². The van der Waals surface area contributed by atoms with Crippen LogP contribution in [0.2, 0.25) is 0 Å². The summed E-state index contributed by atoms with van der Waals surface area (Å²) < 4.78 is 11.0. The average Bonchev–Trinajstić information content (AvgIpc) is 2.32. The highest BCUT2D eigenvalue weighted by molar-refractivity contribution is 7.84. The van der Waals surface area contributed by atoms with E-state index in [9.17, 15) is 13.8 Å². The Bertz CT molecular complexity index is 346. The average molecular weight is 274 g/mol. The molecule has 1 saturated heterocycles. The Morgan fingerprint density at radius 1 is 1.28 bits per heavy atom. The van der Waals surface area contributed by atoms with Gasteiger partial charge in [0, 0.05) is 29.4 Å². The molecule has 3 atom stereocenters. The van der Waals surface area contributed by atoms with Gasteiger partial charge in [-0.3, -0.25) is 13.8 Å². The predicted molar refractivity (Wildman–Crippen MR) is 71.6 cm³/mol. The van der Waals surface area contributed by atoms with Gasteiger partial charge in [0.15, 0.2) is 0 Å². The first-order chi connectivity index (χ1) is 8.51. The maximum Gasteiger partial charge on any atom is 0.245 e. The van der Waals surface area contributed by atoms with Crippen LogP contribution in [-0.2, 0) is 20.4 Å². The highest BCUT2D eigenvalue weighted by Crippen LogP contribution is 2.15. The smallest absolute Gasteiger partial charge is 0.245 e. The largest absolute Gasteiger partial charge is 0.343 e. The summed E-state index contributed by atoms with van der Waals surface area (Å²) >= 11 is 0. The Hall–Kier alpha value is -0.910. The van der Waals surface area contributed by atoms with Crippen LogP contribution in [0, 0.1) is 0 Å². The predicted octanol–water partition coefficient (Wildman–Crippen LogP) is 0.271. The van der Waals surface area contributed by atoms with Gasteiger partial charge in [0.2, 0.25) is 11.8 Å². The lowest BCUT2D eigenvalue weighted by atomic mass is 10.0. The zero-order chi connectivity index (χ0) is 13.7. The van der Waals surface area contributed by atoms with Crippen LogP contribution in [-0.4, -0.2) is 51.6 Å². The fraction of sp³-hybridized carbons (Fsp3) is 0.833. The molecule has 0 aromatic rings. The topological polar surface area (TPSA) is 66.5 Å². The Morgan fingerprint density at radius 2 is 1.94 bits per heavy atom. The lowest BCUT2D eigenvalue weighted by Gasteiger charge is -2.38. The van der Waals surface area contributed by atoms with Gasteiger partial charge < -0.3 is 10.2 Å². The molecule has 0 radical (unpaired) electrons. The van der Waals surface area contributed by atoms with Crippen LogP contribution in [0.5, 0.6) is 0 Å². The maximum atomic E-state index is 12.2. The SMILES string of the molecule is CCC1NC(=O)C(CC)N(CCCS(C)=O)C1=O. The number of carbonyl (C=O) groups is 2. The van der Waals surface area contributed by atoms with Crippen molar-refractivity contribution in [3.63, 3.8) is 0 Å². The molecule has 0 aliphatic carbocycles. The third-order valence-electron chi connectivity index (χ3n) is 3.20. The quantitative estimate of drug-likeness (QED) is 0.756. The van der Waals surface area contributed by atoms with Crippen molar-refractivity contribution in [1.29, 1.82) is 0 Å². The number of hydrogen-bond donors (Lipinski definition) is 1. The van der Waals surface area contributed by atoms with Crippen LogP contribution in [0.4, 0.5) is 0 Å². The normalized spacial score (nSPS) is 26.1. The lowest BCUT2D eigenvalue weighted by Crippen LogP contribution is -2.63. The molecule has 18 heavy (non-hydrogen) atoms. The van der Waals surface area contributed by atoms with E-state index >= 15 is 0 Å². The summed E-state index contributed by atoms with van der Waals surface area (Å²) in [6, 6.07) is -0.766. The molecular formula is C12H22N2O3S. The molecule has 1 N–H and O–H groups in total. The molecule has 1 aliphatic rings. The zero-order valence-electron chi connectivity index (χ0n) is 11.3. The summed E-state index contributed by atoms with van der Waals surface area (Å²) in [5.41, 5.74) is 0. The summed E-state index contributed by atoms with van der Waals surface area (Å²) in [7, 11) is -0.852. The van der Waals surface area contributed by atoms with Crippen LogP contribution in [0.3, 0.4) is 0 Å². The highest BCUT2D eigenvalue weighted by atomic mass is 32.2. The van der Waals surface area contributed by atoms with Crippen molar-refractivity contribution in [3.05, 3.63) is 0 Å². The minimum atomic E-state index is -0.852. The molecule has 104 valence electrons. The number of hydrogen-bond acceptors (Lipinski definition) is 3. The fourth-order valence-corrected chi connectivity index (χ4v) is 2.75. The van der Waals surface area contributed by atoms with Crippen molar-refractivity contribution in [1.82, 2.24) is 10.2 Å². The third kappa shape index (κ3) is 3.54. The Kier molecular flexibility index (Phi) is 5.78. The van der Waals surface area contributed by atoms with E-state index in [1.54, 1.807) is 11.2 Å². The van der Waals surface area contributed by atoms with Gasteiger partial charge in [0.1, 0.15) is 12.1 Å². The number of rotatable bonds is 6. The lowest BCUT2D eigenvalue weighted by molar-refractivity contribution is -0.149. The van der Waals surface area contributed by atoms with Gasteiger partial charge in [0.05, 0.1) is 0 Å². The van der Waals surface area contributed by atoms with Crippen LogP contribution in [0.25, 0.3) is 0 Å². The summed E-state index contributed by atoms with van der Waals surface area (Å²) in [5.74, 6) is 0.492. The number of carbonyl (C=O) groups excluding carboxylic acids is 2. The van der Waals surface area contributed by atoms with Gasteiger partial charge in [-0.05, 0) is 19.3 Å². The van der Waals surface area contributed by atoms with Crippen molar-refractivity contribution in [3.8, 4) is 0 Å². The minimum Gasteiger partial charge on any atom is -0.343 e. The maximum absolute atomic E-state index is 12.2. The molecule has 1 heterocycles. The molecule has 5 nitrogen and oxygen atoms in total. The Morgan fingerprint density at radius 3 is 2.44 bits per heavy atom. The molecule has 0 bridgehead atoms. The van der Waals surface area contributed by atoms with Crippen molar-refractivity contribution >= 4 is 22.6 Å². The second-order valence-electron chi connectivity index (χ2n) is 4.56. The third-order valence-corrected chi connectivity index (χ3v) is 4.07. The molecule has 3 unspecified atom stereocenters. The van der Waals surface area contributed by atoms with E-state index in [1.807, 2.05) is 13.8 Å². The van der Waals surface area contributed by atoms with Gasteiger partial charge >= 0.3 is 0 Å². The summed E-state index contributed by atoms with van der Waals surface area (Å²) in [6.07, 6.45) is 3.55. The first-order valence-corrected chi connectivity index (χ1v) is 8.14. The van der Waals surface area contributed by atoms with E-state index in [2.05, 4.69) is 5.32 Å². The summed E-state index contributed by atoms with van der Waals surface area (Å²) in [6.45, 7) is 4.30. The van der Waals surface area contributed by atoms with E-state index in [0.717, 1.165) is 0 Å². The van der Waals surface area contributed by atoms with Gasteiger partial charge in [-0.15, -0.1) is 0 Å². The number of amides is 2. The molecule has 0 aromatic carbocycles. The molecule has 0 aromatic heterocycles. The number of nitrogens with zero attached hydrogens (tertiary/aromatic N) is 1. The van der Waals surface area contributed by atoms with Crippen LogP contribution < -0.4 is 5.32 Å². The van der Waals surface area contributed by atoms with Crippen LogP contribution in [0.15, 0.2) is 0 Å². The summed E-state index contributed by atoms with van der Waals surface area (Å²) in [4.78, 5) is 25.7. The molecule has 0 spiro atoms. The van der Waals surface area contributed by atoms with Crippen molar-refractivity contribution < 1.29 is 13.8 Å². The molecule has 1 rings (SSSR count). The van der Waals surface area contributed by atoms with Gasteiger partial charge in [0.25, 0.3) is 0 Å². The first kappa shape index (κ1) is 15.1. The zero-order valence-corrected chi connectivity index (χ0v) is 12.1.